The average Bonchev–Trinajstić information content (AvgIpc) is 2.98. The summed E-state index contributed by atoms with van der Waals surface area (Å²) in [6.45, 7) is 1.36. The van der Waals surface area contributed by atoms with E-state index in [-0.39, 0.29) is 5.56 Å². The topological polar surface area (TPSA) is 64.3 Å². The molecule has 1 heterocycles. The maximum atomic E-state index is 11.1. The summed E-state index contributed by atoms with van der Waals surface area (Å²) in [6.07, 6.45) is 3.64. The van der Waals surface area contributed by atoms with Crippen LogP contribution in [0.5, 0.6) is 5.75 Å². The summed E-state index contributed by atoms with van der Waals surface area (Å²) in [6, 6.07) is 14.8. The highest BCUT2D eigenvalue weighted by molar-refractivity contribution is 5.90. The molecule has 2 aromatic carbocycles. The lowest BCUT2D eigenvalue weighted by Crippen LogP contribution is -2.05. The van der Waals surface area contributed by atoms with E-state index < -0.39 is 5.97 Å². The third-order valence-corrected chi connectivity index (χ3v) is 3.70. The van der Waals surface area contributed by atoms with E-state index in [2.05, 4.69) is 15.6 Å². The van der Waals surface area contributed by atoms with Gasteiger partial charge in [-0.2, -0.15) is 0 Å². The summed E-state index contributed by atoms with van der Waals surface area (Å²) in [5.41, 5.74) is 2.33. The molecule has 5 heteroatoms. The number of ether oxygens (including phenoxy) is 1. The summed E-state index contributed by atoms with van der Waals surface area (Å²) in [7, 11) is 0. The monoisotopic (exact) mass is 310 g/mol. The third-order valence-electron chi connectivity index (χ3n) is 3.70. The minimum atomic E-state index is -0.967. The van der Waals surface area contributed by atoms with Crippen LogP contribution in [0.25, 0.3) is 11.0 Å². The van der Waals surface area contributed by atoms with Crippen LogP contribution in [-0.4, -0.2) is 27.2 Å². The van der Waals surface area contributed by atoms with E-state index in [1.54, 1.807) is 24.3 Å². The van der Waals surface area contributed by atoms with Crippen molar-refractivity contribution < 1.29 is 14.6 Å². The van der Waals surface area contributed by atoms with Crippen molar-refractivity contribution in [3.05, 3.63) is 60.4 Å². The molecule has 0 spiro atoms. The highest BCUT2D eigenvalue weighted by Crippen LogP contribution is 2.18. The molecule has 0 amide bonds. The van der Waals surface area contributed by atoms with Gasteiger partial charge in [0.1, 0.15) is 11.3 Å². The van der Waals surface area contributed by atoms with Crippen molar-refractivity contribution in [2.75, 3.05) is 6.61 Å². The predicted molar refractivity (Wildman–Crippen MR) is 87.9 cm³/mol. The number of rotatable bonds is 7. The lowest BCUT2D eigenvalue weighted by atomic mass is 10.2. The Labute approximate surface area is 134 Å². The standard InChI is InChI=1S/C18H18N2O3/c21-18(22)14-7-1-4-10-17(14)23-12-6-5-11-20-13-19-15-8-2-3-9-16(15)20/h1-4,7-10,13H,5-6,11-12H2,(H,21,22). The molecule has 0 aliphatic heterocycles. The van der Waals surface area contributed by atoms with Crippen molar-refractivity contribution in [3.8, 4) is 5.75 Å². The van der Waals surface area contributed by atoms with Crippen molar-refractivity contribution in [3.63, 3.8) is 0 Å². The molecule has 0 aliphatic rings. The molecule has 23 heavy (non-hydrogen) atoms. The molecule has 1 aromatic heterocycles. The van der Waals surface area contributed by atoms with Crippen molar-refractivity contribution in [2.45, 2.75) is 19.4 Å². The minimum Gasteiger partial charge on any atom is -0.493 e. The zero-order valence-electron chi connectivity index (χ0n) is 12.7. The van der Waals surface area contributed by atoms with E-state index in [0.717, 1.165) is 30.4 Å². The maximum absolute atomic E-state index is 11.1. The van der Waals surface area contributed by atoms with Crippen LogP contribution in [0.1, 0.15) is 23.2 Å². The first-order valence-electron chi connectivity index (χ1n) is 7.61. The van der Waals surface area contributed by atoms with Gasteiger partial charge in [0.25, 0.3) is 0 Å². The van der Waals surface area contributed by atoms with Crippen LogP contribution in [0.15, 0.2) is 54.9 Å². The van der Waals surface area contributed by atoms with Crippen LogP contribution in [0.3, 0.4) is 0 Å². The van der Waals surface area contributed by atoms with E-state index in [4.69, 9.17) is 9.84 Å². The SMILES string of the molecule is O=C(O)c1ccccc1OCCCCn1cnc2ccccc21. The number of carboxylic acids is 1. The molecule has 0 saturated heterocycles. The van der Waals surface area contributed by atoms with Gasteiger partial charge in [0.2, 0.25) is 0 Å². The highest BCUT2D eigenvalue weighted by atomic mass is 16.5. The first-order chi connectivity index (χ1) is 11.3. The first kappa shape index (κ1) is 15.1. The number of hydrogen-bond acceptors (Lipinski definition) is 3. The van der Waals surface area contributed by atoms with Crippen molar-refractivity contribution >= 4 is 17.0 Å². The van der Waals surface area contributed by atoms with E-state index >= 15 is 0 Å². The molecule has 1 N–H and O–H groups in total. The molecule has 0 bridgehead atoms. The predicted octanol–water partition coefficient (Wildman–Crippen LogP) is 3.59. The Kier molecular flexibility index (Phi) is 4.57. The number of unbranched alkanes of at least 4 members (excludes halogenated alkanes) is 1. The number of hydrogen-bond donors (Lipinski definition) is 1. The normalized spacial score (nSPS) is 10.8. The maximum Gasteiger partial charge on any atom is 0.339 e. The number of imidazole rings is 1. The highest BCUT2D eigenvalue weighted by Gasteiger charge is 2.09. The summed E-state index contributed by atoms with van der Waals surface area (Å²) in [5.74, 6) is -0.543. The van der Waals surface area contributed by atoms with Crippen LogP contribution in [0.4, 0.5) is 0 Å². The number of benzene rings is 2. The minimum absolute atomic E-state index is 0.202. The number of nitrogens with zero attached hydrogens (tertiary/aromatic N) is 2. The van der Waals surface area contributed by atoms with Gasteiger partial charge in [-0.3, -0.25) is 0 Å². The summed E-state index contributed by atoms with van der Waals surface area (Å²) < 4.78 is 7.73. The summed E-state index contributed by atoms with van der Waals surface area (Å²) in [5, 5.41) is 9.10. The quantitative estimate of drug-likeness (QED) is 0.677. The molecule has 3 rings (SSSR count). The second-order valence-electron chi connectivity index (χ2n) is 5.28. The van der Waals surface area contributed by atoms with Gasteiger partial charge in [-0.1, -0.05) is 24.3 Å². The molecule has 118 valence electrons. The van der Waals surface area contributed by atoms with Gasteiger partial charge in [-0.15, -0.1) is 0 Å². The van der Waals surface area contributed by atoms with E-state index in [1.165, 1.54) is 0 Å². The van der Waals surface area contributed by atoms with Gasteiger partial charge in [-0.05, 0) is 37.1 Å². The Morgan fingerprint density at radius 3 is 2.74 bits per heavy atom. The van der Waals surface area contributed by atoms with Gasteiger partial charge in [0.15, 0.2) is 0 Å². The number of carboxylic acid groups (broad SMARTS) is 1. The molecule has 0 fully saturated rings. The third kappa shape index (κ3) is 3.51. The summed E-state index contributed by atoms with van der Waals surface area (Å²) >= 11 is 0. The number of carbonyl (C=O) groups is 1. The molecule has 0 aliphatic carbocycles. The smallest absolute Gasteiger partial charge is 0.339 e. The fourth-order valence-electron chi connectivity index (χ4n) is 2.52. The lowest BCUT2D eigenvalue weighted by Gasteiger charge is -2.09. The second kappa shape index (κ2) is 6.96. The molecular weight excluding hydrogens is 292 g/mol. The van der Waals surface area contributed by atoms with Crippen molar-refractivity contribution in [1.29, 1.82) is 0 Å². The summed E-state index contributed by atoms with van der Waals surface area (Å²) in [4.78, 5) is 15.5. The van der Waals surface area contributed by atoms with E-state index in [1.807, 2.05) is 24.5 Å². The van der Waals surface area contributed by atoms with Gasteiger partial charge < -0.3 is 14.4 Å². The lowest BCUT2D eigenvalue weighted by molar-refractivity contribution is 0.0692. The zero-order valence-corrected chi connectivity index (χ0v) is 12.7. The van der Waals surface area contributed by atoms with Crippen LogP contribution in [0.2, 0.25) is 0 Å². The van der Waals surface area contributed by atoms with Crippen molar-refractivity contribution in [2.24, 2.45) is 0 Å². The largest absolute Gasteiger partial charge is 0.493 e. The van der Waals surface area contributed by atoms with Crippen LogP contribution >= 0.6 is 0 Å². The van der Waals surface area contributed by atoms with Crippen molar-refractivity contribution in [1.82, 2.24) is 9.55 Å². The van der Waals surface area contributed by atoms with Gasteiger partial charge >= 0.3 is 5.97 Å². The molecule has 0 unspecified atom stereocenters. The zero-order chi connectivity index (χ0) is 16.1. The molecule has 5 nitrogen and oxygen atoms in total. The van der Waals surface area contributed by atoms with Crippen LogP contribution in [0, 0.1) is 0 Å². The number of aromatic carboxylic acids is 1. The molecule has 0 radical (unpaired) electrons. The van der Waals surface area contributed by atoms with Crippen LogP contribution in [-0.2, 0) is 6.54 Å². The number of fused-ring (bicyclic) bond motifs is 1. The Bertz CT molecular complexity index is 811. The van der Waals surface area contributed by atoms with Gasteiger partial charge in [0.05, 0.1) is 24.0 Å². The number of aromatic nitrogens is 2. The van der Waals surface area contributed by atoms with Crippen LogP contribution < -0.4 is 4.74 Å². The van der Waals surface area contributed by atoms with E-state index in [9.17, 15) is 4.79 Å². The fraction of sp³-hybridized carbons (Fsp3) is 0.222. The fourth-order valence-corrected chi connectivity index (χ4v) is 2.52. The van der Waals surface area contributed by atoms with E-state index in [0.29, 0.717) is 12.4 Å². The number of aryl methyl sites for hydroxylation is 1. The Hall–Kier alpha value is -2.82. The Morgan fingerprint density at radius 1 is 1.09 bits per heavy atom. The Balaban J connectivity index is 1.50. The molecular formula is C18H18N2O3. The van der Waals surface area contributed by atoms with Gasteiger partial charge in [-0.25, -0.2) is 9.78 Å². The molecule has 0 atom stereocenters. The average molecular weight is 310 g/mol. The number of para-hydroxylation sites is 3. The molecule has 0 saturated carbocycles. The Morgan fingerprint density at radius 2 is 1.87 bits per heavy atom. The second-order valence-corrected chi connectivity index (χ2v) is 5.28. The molecule has 3 aromatic rings. The first-order valence-corrected chi connectivity index (χ1v) is 7.61. The van der Waals surface area contributed by atoms with Gasteiger partial charge in [0, 0.05) is 6.54 Å².